The first-order valence-electron chi connectivity index (χ1n) is 7.48. The maximum Gasteiger partial charge on any atom is 0.226 e. The summed E-state index contributed by atoms with van der Waals surface area (Å²) in [5.74, 6) is 2.14. The summed E-state index contributed by atoms with van der Waals surface area (Å²) in [4.78, 5) is 9.76. The molecule has 1 aromatic carbocycles. The molecule has 0 atom stereocenters. The standard InChI is InChI=1S/C16H21N3O2/c1-20-19-9-7-14(8-10-19)12-16-17-15(18-21-16)11-13-5-3-2-4-6-13/h2-6,14H,7-12H2,1H3. The van der Waals surface area contributed by atoms with Crippen molar-refractivity contribution in [1.82, 2.24) is 15.2 Å². The second-order valence-corrected chi connectivity index (χ2v) is 5.53. The monoisotopic (exact) mass is 287 g/mol. The van der Waals surface area contributed by atoms with Crippen LogP contribution in [-0.4, -0.2) is 35.4 Å². The summed E-state index contributed by atoms with van der Waals surface area (Å²) in [5.41, 5.74) is 1.21. The summed E-state index contributed by atoms with van der Waals surface area (Å²) >= 11 is 0. The van der Waals surface area contributed by atoms with E-state index in [1.54, 1.807) is 7.11 Å². The molecule has 0 bridgehead atoms. The fraction of sp³-hybridized carbons (Fsp3) is 0.500. The first-order valence-corrected chi connectivity index (χ1v) is 7.48. The molecular weight excluding hydrogens is 266 g/mol. The van der Waals surface area contributed by atoms with Crippen LogP contribution < -0.4 is 0 Å². The highest BCUT2D eigenvalue weighted by Gasteiger charge is 2.21. The first-order chi connectivity index (χ1) is 10.3. The van der Waals surface area contributed by atoms with Crippen molar-refractivity contribution in [2.24, 2.45) is 5.92 Å². The van der Waals surface area contributed by atoms with Gasteiger partial charge in [-0.15, -0.1) is 0 Å². The van der Waals surface area contributed by atoms with Gasteiger partial charge in [0.05, 0.1) is 7.11 Å². The Balaban J connectivity index is 1.53. The van der Waals surface area contributed by atoms with Crippen molar-refractivity contribution in [2.45, 2.75) is 25.7 Å². The highest BCUT2D eigenvalue weighted by atomic mass is 16.7. The van der Waals surface area contributed by atoms with Gasteiger partial charge in [-0.1, -0.05) is 35.5 Å². The molecule has 0 amide bonds. The molecule has 0 aliphatic carbocycles. The number of nitrogens with zero attached hydrogens (tertiary/aromatic N) is 3. The van der Waals surface area contributed by atoms with Gasteiger partial charge in [0.1, 0.15) is 0 Å². The molecule has 3 rings (SSSR count). The van der Waals surface area contributed by atoms with E-state index in [4.69, 9.17) is 9.36 Å². The minimum atomic E-state index is 0.612. The summed E-state index contributed by atoms with van der Waals surface area (Å²) in [7, 11) is 1.73. The molecule has 0 radical (unpaired) electrons. The van der Waals surface area contributed by atoms with Gasteiger partial charge >= 0.3 is 0 Å². The van der Waals surface area contributed by atoms with E-state index < -0.39 is 0 Å². The largest absolute Gasteiger partial charge is 0.339 e. The van der Waals surface area contributed by atoms with Gasteiger partial charge in [0.15, 0.2) is 5.82 Å². The zero-order chi connectivity index (χ0) is 14.5. The molecular formula is C16H21N3O2. The van der Waals surface area contributed by atoms with Gasteiger partial charge < -0.3 is 9.36 Å². The summed E-state index contributed by atoms with van der Waals surface area (Å²) in [6.45, 7) is 1.96. The van der Waals surface area contributed by atoms with Crippen molar-refractivity contribution >= 4 is 0 Å². The zero-order valence-corrected chi connectivity index (χ0v) is 12.4. The van der Waals surface area contributed by atoms with Crippen LogP contribution in [0.1, 0.15) is 30.1 Å². The average molecular weight is 287 g/mol. The molecule has 2 aromatic rings. The van der Waals surface area contributed by atoms with Crippen molar-refractivity contribution in [3.63, 3.8) is 0 Å². The van der Waals surface area contributed by atoms with Crippen LogP contribution in [0.5, 0.6) is 0 Å². The predicted octanol–water partition coefficient (Wildman–Crippen LogP) is 2.48. The maximum atomic E-state index is 5.39. The van der Waals surface area contributed by atoms with E-state index in [2.05, 4.69) is 22.3 Å². The molecule has 112 valence electrons. The van der Waals surface area contributed by atoms with Crippen LogP contribution in [0, 0.1) is 5.92 Å². The third-order valence-corrected chi connectivity index (χ3v) is 4.01. The van der Waals surface area contributed by atoms with E-state index in [1.165, 1.54) is 5.56 Å². The average Bonchev–Trinajstić information content (AvgIpc) is 2.96. The number of piperidine rings is 1. The van der Waals surface area contributed by atoms with Gasteiger partial charge in [-0.3, -0.25) is 0 Å². The number of hydrogen-bond acceptors (Lipinski definition) is 5. The third-order valence-electron chi connectivity index (χ3n) is 4.01. The third kappa shape index (κ3) is 3.89. The SMILES string of the molecule is CON1CCC(Cc2nc(Cc3ccccc3)no2)CC1. The van der Waals surface area contributed by atoms with Gasteiger partial charge in [-0.05, 0) is 24.3 Å². The zero-order valence-electron chi connectivity index (χ0n) is 12.4. The van der Waals surface area contributed by atoms with Crippen molar-refractivity contribution in [1.29, 1.82) is 0 Å². The summed E-state index contributed by atoms with van der Waals surface area (Å²) in [5, 5.41) is 6.09. The van der Waals surface area contributed by atoms with E-state index >= 15 is 0 Å². The Labute approximate surface area is 124 Å². The Hall–Kier alpha value is -1.72. The van der Waals surface area contributed by atoms with Gasteiger partial charge in [0, 0.05) is 25.9 Å². The fourth-order valence-electron chi connectivity index (χ4n) is 2.77. The number of aromatic nitrogens is 2. The number of hydrogen-bond donors (Lipinski definition) is 0. The minimum Gasteiger partial charge on any atom is -0.339 e. The summed E-state index contributed by atoms with van der Waals surface area (Å²) in [6, 6.07) is 10.2. The van der Waals surface area contributed by atoms with Gasteiger partial charge in [0.25, 0.3) is 0 Å². The van der Waals surface area contributed by atoms with E-state index in [1.807, 2.05) is 23.3 Å². The molecule has 1 aliphatic rings. The Morgan fingerprint density at radius 3 is 2.71 bits per heavy atom. The lowest BCUT2D eigenvalue weighted by Crippen LogP contribution is -2.33. The lowest BCUT2D eigenvalue weighted by molar-refractivity contribution is -0.148. The molecule has 2 heterocycles. The second kappa shape index (κ2) is 6.83. The Kier molecular flexibility index (Phi) is 4.62. The molecule has 5 nitrogen and oxygen atoms in total. The molecule has 1 aliphatic heterocycles. The van der Waals surface area contributed by atoms with Crippen LogP contribution in [0.15, 0.2) is 34.9 Å². The van der Waals surface area contributed by atoms with Crippen LogP contribution >= 0.6 is 0 Å². The van der Waals surface area contributed by atoms with Crippen LogP contribution in [0.4, 0.5) is 0 Å². The first kappa shape index (κ1) is 14.2. The lowest BCUT2D eigenvalue weighted by Gasteiger charge is -2.29. The van der Waals surface area contributed by atoms with Crippen LogP contribution in [0.25, 0.3) is 0 Å². The quantitative estimate of drug-likeness (QED) is 0.845. The van der Waals surface area contributed by atoms with Gasteiger partial charge in [0.2, 0.25) is 5.89 Å². The van der Waals surface area contributed by atoms with Crippen LogP contribution in [0.2, 0.25) is 0 Å². The van der Waals surface area contributed by atoms with Crippen molar-refractivity contribution in [3.8, 4) is 0 Å². The van der Waals surface area contributed by atoms with Crippen molar-refractivity contribution in [3.05, 3.63) is 47.6 Å². The molecule has 0 spiro atoms. The van der Waals surface area contributed by atoms with Crippen LogP contribution in [0.3, 0.4) is 0 Å². The molecule has 21 heavy (non-hydrogen) atoms. The van der Waals surface area contributed by atoms with Gasteiger partial charge in [-0.2, -0.15) is 10.0 Å². The molecule has 0 N–H and O–H groups in total. The van der Waals surface area contributed by atoms with Gasteiger partial charge in [-0.25, -0.2) is 0 Å². The fourth-order valence-corrected chi connectivity index (χ4v) is 2.77. The smallest absolute Gasteiger partial charge is 0.226 e. The Morgan fingerprint density at radius 2 is 2.00 bits per heavy atom. The van der Waals surface area contributed by atoms with Crippen molar-refractivity contribution in [2.75, 3.05) is 20.2 Å². The topological polar surface area (TPSA) is 51.4 Å². The lowest BCUT2D eigenvalue weighted by atomic mass is 9.94. The van der Waals surface area contributed by atoms with Crippen molar-refractivity contribution < 1.29 is 9.36 Å². The summed E-state index contributed by atoms with van der Waals surface area (Å²) in [6.07, 6.45) is 3.83. The maximum absolute atomic E-state index is 5.39. The molecule has 5 heteroatoms. The normalized spacial score (nSPS) is 17.2. The molecule has 0 unspecified atom stereocenters. The summed E-state index contributed by atoms with van der Waals surface area (Å²) < 4.78 is 5.39. The highest BCUT2D eigenvalue weighted by molar-refractivity contribution is 5.18. The molecule has 0 saturated carbocycles. The Morgan fingerprint density at radius 1 is 1.24 bits per heavy atom. The Bertz CT molecular complexity index is 548. The van der Waals surface area contributed by atoms with Crippen LogP contribution in [-0.2, 0) is 17.7 Å². The van der Waals surface area contributed by atoms with E-state index in [-0.39, 0.29) is 0 Å². The van der Waals surface area contributed by atoms with E-state index in [9.17, 15) is 0 Å². The molecule has 1 aromatic heterocycles. The minimum absolute atomic E-state index is 0.612. The van der Waals surface area contributed by atoms with E-state index in [0.717, 1.165) is 50.5 Å². The molecule has 1 fully saturated rings. The number of hydroxylamine groups is 2. The molecule has 1 saturated heterocycles. The predicted molar refractivity (Wildman–Crippen MR) is 78.6 cm³/mol. The number of benzene rings is 1. The van der Waals surface area contributed by atoms with E-state index in [0.29, 0.717) is 5.92 Å². The number of rotatable bonds is 5. The highest BCUT2D eigenvalue weighted by Crippen LogP contribution is 2.21. The second-order valence-electron chi connectivity index (χ2n) is 5.53.